The summed E-state index contributed by atoms with van der Waals surface area (Å²) in [5.41, 5.74) is 15.4. The molecule has 8 aromatic rings. The Labute approximate surface area is 678 Å². The molecule has 0 radical (unpaired) electrons. The lowest BCUT2D eigenvalue weighted by molar-refractivity contribution is -0.138. The van der Waals surface area contributed by atoms with Gasteiger partial charge in [0.15, 0.2) is 11.4 Å². The molecule has 34 heteroatoms. The van der Waals surface area contributed by atoms with E-state index in [1.807, 2.05) is 23.6 Å². The normalized spacial score (nSPS) is 20.6. The standard InChI is InChI=1S/C20H21Cl2F3N4O.C20H22Cl2F2N4O2.C19H23Cl2N3O.C18H20Cl2N4O2/c1-11-27-17(28-8-12-4-3-7-19(12,9-26)10-28)15(20(23,24)25)18(30)29(11)14-6-2-5-13(21)16(14)22;1-11-17(25)20(10-30-11)5-7-27(8-6-20)14-9-15(29)28(19(26-14)18(23)24)13-4-2-3-12(21)16(13)22;1-13-22-16(23-10-5-8-19(2,3)9-11-23)12-17(25)24(13)15-7-4-6-14(20)18(15)21;1-11(25)18(21)6-8-23(9-7-18)15-10-16(26)24(12(2)22-15)14-5-3-4-13(19)17(14)20/h2,5-6,12H,3-4,7-10,26H2,1H3;2-4,9,11,17-18H,5-8,10,25H2,1H3;4,6-7,12H,5,8-11H2,1-3H3;3-5,10H,6-9,21H2,1-2H3/t12-,19-;11-,17+;;/m11../s1. The Hall–Kier alpha value is -6.92. The summed E-state index contributed by atoms with van der Waals surface area (Å²) in [6.07, 6.45) is 0.901. The number of aryl methyl sites for hydroxylation is 3. The zero-order valence-electron chi connectivity index (χ0n) is 62.1. The molecule has 14 rings (SSSR count). The van der Waals surface area contributed by atoms with Gasteiger partial charge in [0.25, 0.3) is 28.7 Å². The summed E-state index contributed by atoms with van der Waals surface area (Å²) in [6.45, 7) is 19.0. The first kappa shape index (κ1) is 85.0. The fourth-order valence-electron chi connectivity index (χ4n) is 15.8. The van der Waals surface area contributed by atoms with Gasteiger partial charge in [-0.2, -0.15) is 13.2 Å². The summed E-state index contributed by atoms with van der Waals surface area (Å²) >= 11 is 49.0. The molecular formula is C77H86Cl8F5N15O6. The maximum atomic E-state index is 14.1. The highest BCUT2D eigenvalue weighted by Gasteiger charge is 2.52. The van der Waals surface area contributed by atoms with Crippen molar-refractivity contribution in [3.05, 3.63) is 201 Å². The van der Waals surface area contributed by atoms with Crippen molar-refractivity contribution in [3.63, 3.8) is 0 Å². The van der Waals surface area contributed by atoms with Crippen molar-refractivity contribution in [1.82, 2.24) is 38.2 Å². The Bertz CT molecular complexity index is 5070. The van der Waals surface area contributed by atoms with E-state index in [0.717, 1.165) is 73.0 Å². The maximum Gasteiger partial charge on any atom is 0.425 e. The van der Waals surface area contributed by atoms with E-state index in [-0.39, 0.29) is 94.7 Å². The molecule has 5 saturated heterocycles. The number of ether oxygens (including phenoxy) is 1. The number of nitrogens with zero attached hydrogens (tertiary/aromatic N) is 12. The molecule has 0 amide bonds. The molecule has 0 bridgehead atoms. The number of hydrogen-bond acceptors (Lipinski definition) is 17. The zero-order chi connectivity index (χ0) is 80.7. The summed E-state index contributed by atoms with van der Waals surface area (Å²) in [6, 6.07) is 23.6. The smallest absolute Gasteiger partial charge is 0.376 e. The van der Waals surface area contributed by atoms with E-state index in [9.17, 15) is 45.9 Å². The van der Waals surface area contributed by atoms with E-state index in [0.29, 0.717) is 120 Å². The van der Waals surface area contributed by atoms with Gasteiger partial charge < -0.3 is 41.5 Å². The first-order valence-electron chi connectivity index (χ1n) is 36.3. The van der Waals surface area contributed by atoms with Crippen molar-refractivity contribution in [1.29, 1.82) is 0 Å². The molecule has 1 spiro atoms. The highest BCUT2D eigenvalue weighted by atomic mass is 35.5. The quantitative estimate of drug-likeness (QED) is 0.102. The number of rotatable bonds is 11. The van der Waals surface area contributed by atoms with Crippen LogP contribution in [0.4, 0.5) is 45.2 Å². The van der Waals surface area contributed by atoms with E-state index >= 15 is 0 Å². The fourth-order valence-corrected chi connectivity index (χ4v) is 17.4. The molecule has 6 N–H and O–H groups in total. The number of carbonyl (C=O) groups excluding carboxylic acids is 1. The number of anilines is 4. The summed E-state index contributed by atoms with van der Waals surface area (Å²) in [4.78, 5) is 88.4. The average Bonchev–Trinajstić information content (AvgIpc) is 1.67. The van der Waals surface area contributed by atoms with Crippen molar-refractivity contribution in [2.45, 2.75) is 143 Å². The largest absolute Gasteiger partial charge is 0.425 e. The van der Waals surface area contributed by atoms with Crippen LogP contribution in [0, 0.1) is 42.9 Å². The summed E-state index contributed by atoms with van der Waals surface area (Å²) in [7, 11) is 0. The van der Waals surface area contributed by atoms with Crippen LogP contribution in [-0.4, -0.2) is 127 Å². The number of ketones is 1. The number of fused-ring (bicyclic) bond motifs is 1. The van der Waals surface area contributed by atoms with E-state index in [1.165, 1.54) is 77.9 Å². The first-order valence-corrected chi connectivity index (χ1v) is 39.3. The molecule has 6 fully saturated rings. The Morgan fingerprint density at radius 2 is 1.00 bits per heavy atom. The van der Waals surface area contributed by atoms with Crippen LogP contribution in [0.25, 0.3) is 22.7 Å². The van der Waals surface area contributed by atoms with E-state index in [2.05, 4.69) is 38.7 Å². The Kier molecular flexibility index (Phi) is 26.2. The molecule has 6 aliphatic rings. The molecule has 1 saturated carbocycles. The fraction of sp³-hybridized carbons (Fsp3) is 0.468. The minimum atomic E-state index is -4.88. The second-order valence-corrected chi connectivity index (χ2v) is 33.2. The van der Waals surface area contributed by atoms with Crippen LogP contribution in [0.2, 0.25) is 40.2 Å². The van der Waals surface area contributed by atoms with Crippen molar-refractivity contribution in [2.75, 3.05) is 85.1 Å². The number of piperidine rings is 2. The van der Waals surface area contributed by atoms with Gasteiger partial charge in [0, 0.05) is 87.4 Å². The Morgan fingerprint density at radius 3 is 1.42 bits per heavy atom. The number of carbonyl (C=O) groups is 1. The van der Waals surface area contributed by atoms with Crippen LogP contribution in [0.1, 0.15) is 127 Å². The van der Waals surface area contributed by atoms with Crippen molar-refractivity contribution in [3.8, 4) is 22.7 Å². The van der Waals surface area contributed by atoms with E-state index in [1.54, 1.807) is 54.3 Å². The van der Waals surface area contributed by atoms with Crippen LogP contribution in [-0.2, 0) is 15.7 Å². The molecule has 4 aromatic carbocycles. The van der Waals surface area contributed by atoms with Gasteiger partial charge in [-0.15, -0.1) is 0 Å². The third-order valence-electron chi connectivity index (χ3n) is 22.5. The highest BCUT2D eigenvalue weighted by molar-refractivity contribution is 6.44. The lowest BCUT2D eigenvalue weighted by Gasteiger charge is -2.41. The van der Waals surface area contributed by atoms with Gasteiger partial charge in [-0.1, -0.05) is 137 Å². The van der Waals surface area contributed by atoms with Crippen molar-refractivity contribution in [2.24, 2.45) is 39.4 Å². The minimum absolute atomic E-state index is 0.00712. The lowest BCUT2D eigenvalue weighted by atomic mass is 9.73. The third-order valence-corrected chi connectivity index (χ3v) is 25.7. The molecule has 5 aliphatic heterocycles. The average molecular weight is 1700 g/mol. The molecule has 111 heavy (non-hydrogen) atoms. The number of halogens is 13. The Balaban J connectivity index is 0.000000147. The van der Waals surface area contributed by atoms with Gasteiger partial charge in [-0.25, -0.2) is 28.7 Å². The molecule has 21 nitrogen and oxygen atoms in total. The van der Waals surface area contributed by atoms with E-state index in [4.69, 9.17) is 115 Å². The van der Waals surface area contributed by atoms with Crippen molar-refractivity contribution >= 4 is 122 Å². The van der Waals surface area contributed by atoms with Gasteiger partial charge in [-0.05, 0) is 159 Å². The molecule has 596 valence electrons. The van der Waals surface area contributed by atoms with Crippen LogP contribution in [0.3, 0.4) is 0 Å². The van der Waals surface area contributed by atoms with Crippen LogP contribution < -0.4 is 59.0 Å². The lowest BCUT2D eigenvalue weighted by Crippen LogP contribution is -2.55. The maximum absolute atomic E-state index is 14.1. The summed E-state index contributed by atoms with van der Waals surface area (Å²) < 4.78 is 80.3. The zero-order valence-corrected chi connectivity index (χ0v) is 68.1. The van der Waals surface area contributed by atoms with Crippen LogP contribution >= 0.6 is 92.8 Å². The van der Waals surface area contributed by atoms with Crippen molar-refractivity contribution < 1.29 is 31.5 Å². The van der Waals surface area contributed by atoms with Gasteiger partial charge in [0.05, 0.1) is 81.2 Å². The SMILES string of the molecule is CC(=O)C1(N)CCN(c2cc(=O)n(-c3cccc(Cl)c3Cl)c(C)n2)CC1.C[C@H]1OCC2(CCN(c3cc(=O)n(-c4cccc(Cl)c4Cl)c(C(F)F)n3)CC2)[C@H]1N.Cc1nc(N2CCCC(C)(C)CC2)cc(=O)n1-c1cccc(Cl)c1Cl.Cc1nc(N2C[C@H]3CCC[C@@]3(CN)C2)c(C(F)(F)F)c(=O)n1-c1cccc(Cl)c1Cl. The highest BCUT2D eigenvalue weighted by Crippen LogP contribution is 2.50. The number of aromatic nitrogens is 8. The predicted molar refractivity (Wildman–Crippen MR) is 431 cm³/mol. The second kappa shape index (κ2) is 34.3. The molecular weight excluding hydrogens is 1610 g/mol. The number of hydrogen-bond donors (Lipinski definition) is 3. The molecule has 1 aliphatic carbocycles. The number of nitrogens with two attached hydrogens (primary N) is 3. The minimum Gasteiger partial charge on any atom is -0.376 e. The third kappa shape index (κ3) is 17.8. The molecule has 4 aromatic heterocycles. The van der Waals surface area contributed by atoms with Crippen LogP contribution in [0.15, 0.2) is 110 Å². The molecule has 4 atom stereocenters. The second-order valence-electron chi connectivity index (χ2n) is 30.0. The summed E-state index contributed by atoms with van der Waals surface area (Å²) in [5, 5.41) is 1.77. The monoisotopic (exact) mass is 1690 g/mol. The number of Topliss-reactive ketones (excluding diaryl/α,β-unsaturated/α-hetero) is 1. The topological polar surface area (TPSA) is 257 Å². The van der Waals surface area contributed by atoms with E-state index < -0.39 is 40.6 Å². The van der Waals surface area contributed by atoms with Gasteiger partial charge in [0.1, 0.15) is 46.5 Å². The van der Waals surface area contributed by atoms with Gasteiger partial charge >= 0.3 is 6.18 Å². The van der Waals surface area contributed by atoms with Gasteiger partial charge in [0.2, 0.25) is 0 Å². The Morgan fingerprint density at radius 1 is 0.577 bits per heavy atom. The van der Waals surface area contributed by atoms with Gasteiger partial charge in [-0.3, -0.25) is 42.2 Å². The summed E-state index contributed by atoms with van der Waals surface area (Å²) in [5.74, 6) is 1.96. The number of alkyl halides is 5. The molecule has 9 heterocycles. The molecule has 0 unspecified atom stereocenters. The first-order chi connectivity index (χ1) is 52.3. The predicted octanol–water partition coefficient (Wildman–Crippen LogP) is 15.8. The van der Waals surface area contributed by atoms with Crippen LogP contribution in [0.5, 0.6) is 0 Å². The number of benzene rings is 4.